The van der Waals surface area contributed by atoms with E-state index in [0.717, 1.165) is 13.0 Å². The van der Waals surface area contributed by atoms with Crippen LogP contribution < -0.4 is 10.6 Å². The van der Waals surface area contributed by atoms with Crippen LogP contribution in [0.5, 0.6) is 0 Å². The Hall–Kier alpha value is -2.34. The summed E-state index contributed by atoms with van der Waals surface area (Å²) in [5, 5.41) is 5.59. The quantitative estimate of drug-likeness (QED) is 0.700. The molecule has 2 N–H and O–H groups in total. The molecule has 1 aromatic rings. The van der Waals surface area contributed by atoms with Crippen molar-refractivity contribution in [2.75, 3.05) is 20.2 Å². The summed E-state index contributed by atoms with van der Waals surface area (Å²) in [5.41, 5.74) is 3.63. The van der Waals surface area contributed by atoms with Crippen LogP contribution in [0.1, 0.15) is 38.3 Å². The molecule has 142 valence electrons. The van der Waals surface area contributed by atoms with Gasteiger partial charge in [-0.3, -0.25) is 4.90 Å². The third kappa shape index (κ3) is 5.08. The number of likely N-dealkylation sites (N-methyl/N-ethyl adjacent to an activating group) is 1. The molecular formula is C20H29N3O3. The SMILES string of the molecule is CCOC(=O)C1=C(CN(C)Cc2ccc(CC)cc2)NC(=O)N[C@H]1CC. The van der Waals surface area contributed by atoms with E-state index >= 15 is 0 Å². The van der Waals surface area contributed by atoms with Crippen LogP contribution in [-0.4, -0.2) is 43.1 Å². The number of ether oxygens (including phenoxy) is 1. The molecule has 2 amide bonds. The second kappa shape index (κ2) is 9.38. The van der Waals surface area contributed by atoms with Crippen molar-refractivity contribution in [3.05, 3.63) is 46.7 Å². The maximum atomic E-state index is 12.4. The fraction of sp³-hybridized carbons (Fsp3) is 0.500. The third-order valence-electron chi connectivity index (χ3n) is 4.46. The summed E-state index contributed by atoms with van der Waals surface area (Å²) < 4.78 is 5.20. The molecule has 0 spiro atoms. The molecule has 2 rings (SSSR count). The number of nitrogens with zero attached hydrogens (tertiary/aromatic N) is 1. The van der Waals surface area contributed by atoms with Crippen molar-refractivity contribution < 1.29 is 14.3 Å². The molecule has 26 heavy (non-hydrogen) atoms. The molecule has 0 fully saturated rings. The molecule has 0 saturated carbocycles. The first kappa shape index (κ1) is 20.0. The average Bonchev–Trinajstić information content (AvgIpc) is 2.61. The number of carbonyl (C=O) groups excluding carboxylic acids is 2. The van der Waals surface area contributed by atoms with Crippen molar-refractivity contribution in [1.82, 2.24) is 15.5 Å². The van der Waals surface area contributed by atoms with Gasteiger partial charge in [-0.15, -0.1) is 0 Å². The van der Waals surface area contributed by atoms with Gasteiger partial charge in [0.05, 0.1) is 18.2 Å². The number of urea groups is 1. The molecule has 0 saturated heterocycles. The standard InChI is InChI=1S/C20H29N3O3/c1-5-14-8-10-15(11-9-14)12-23(4)13-17-18(19(24)26-7-3)16(6-2)21-20(25)22-17/h8-11,16H,5-7,12-13H2,1-4H3,(H2,21,22,25)/t16-/m0/s1. The molecule has 0 unspecified atom stereocenters. The van der Waals surface area contributed by atoms with Gasteiger partial charge >= 0.3 is 12.0 Å². The van der Waals surface area contributed by atoms with Gasteiger partial charge in [-0.05, 0) is 37.9 Å². The minimum absolute atomic E-state index is 0.277. The van der Waals surface area contributed by atoms with Gasteiger partial charge in [0, 0.05) is 18.8 Å². The zero-order valence-electron chi connectivity index (χ0n) is 16.1. The predicted octanol–water partition coefficient (Wildman–Crippen LogP) is 2.59. The predicted molar refractivity (Wildman–Crippen MR) is 102 cm³/mol. The lowest BCUT2D eigenvalue weighted by atomic mass is 10.00. The van der Waals surface area contributed by atoms with E-state index in [-0.39, 0.29) is 18.0 Å². The van der Waals surface area contributed by atoms with Crippen molar-refractivity contribution in [3.63, 3.8) is 0 Å². The van der Waals surface area contributed by atoms with Crippen molar-refractivity contribution in [2.45, 2.75) is 46.2 Å². The van der Waals surface area contributed by atoms with E-state index < -0.39 is 0 Å². The maximum absolute atomic E-state index is 12.4. The second-order valence-electron chi connectivity index (χ2n) is 6.51. The van der Waals surface area contributed by atoms with Crippen LogP contribution in [-0.2, 0) is 22.5 Å². The Balaban J connectivity index is 2.17. The van der Waals surface area contributed by atoms with E-state index in [1.54, 1.807) is 6.92 Å². The number of hydrogen-bond acceptors (Lipinski definition) is 4. The fourth-order valence-electron chi connectivity index (χ4n) is 3.10. The summed E-state index contributed by atoms with van der Waals surface area (Å²) in [5.74, 6) is -0.373. The fourth-order valence-corrected chi connectivity index (χ4v) is 3.10. The van der Waals surface area contributed by atoms with Gasteiger partial charge in [-0.25, -0.2) is 9.59 Å². The maximum Gasteiger partial charge on any atom is 0.337 e. The van der Waals surface area contributed by atoms with Crippen LogP contribution in [0, 0.1) is 0 Å². The van der Waals surface area contributed by atoms with Crippen LogP contribution >= 0.6 is 0 Å². The van der Waals surface area contributed by atoms with Gasteiger partial charge in [-0.1, -0.05) is 38.1 Å². The molecule has 1 aromatic carbocycles. The number of nitrogens with one attached hydrogen (secondary N) is 2. The highest BCUT2D eigenvalue weighted by molar-refractivity contribution is 5.94. The molecule has 0 radical (unpaired) electrons. The Morgan fingerprint density at radius 3 is 2.35 bits per heavy atom. The van der Waals surface area contributed by atoms with E-state index in [2.05, 4.69) is 46.7 Å². The Kier molecular flexibility index (Phi) is 7.21. The monoisotopic (exact) mass is 359 g/mol. The average molecular weight is 359 g/mol. The summed E-state index contributed by atoms with van der Waals surface area (Å²) in [4.78, 5) is 26.4. The van der Waals surface area contributed by atoms with Gasteiger partial charge in [0.2, 0.25) is 0 Å². The zero-order chi connectivity index (χ0) is 19.1. The highest BCUT2D eigenvalue weighted by atomic mass is 16.5. The molecule has 1 atom stereocenters. The normalized spacial score (nSPS) is 17.1. The molecule has 1 aliphatic rings. The lowest BCUT2D eigenvalue weighted by Gasteiger charge is -2.30. The molecule has 1 aliphatic heterocycles. The Labute approximate surface area is 155 Å². The number of hydrogen-bond donors (Lipinski definition) is 2. The first-order chi connectivity index (χ1) is 12.5. The molecule has 6 heteroatoms. The number of amides is 2. The van der Waals surface area contributed by atoms with Crippen LogP contribution in [0.15, 0.2) is 35.5 Å². The van der Waals surface area contributed by atoms with Crippen LogP contribution in [0.2, 0.25) is 0 Å². The Morgan fingerprint density at radius 1 is 1.12 bits per heavy atom. The van der Waals surface area contributed by atoms with Crippen molar-refractivity contribution >= 4 is 12.0 Å². The van der Waals surface area contributed by atoms with Crippen molar-refractivity contribution in [1.29, 1.82) is 0 Å². The van der Waals surface area contributed by atoms with Gasteiger partial charge in [-0.2, -0.15) is 0 Å². The van der Waals surface area contributed by atoms with Gasteiger partial charge in [0.15, 0.2) is 0 Å². The molecule has 0 bridgehead atoms. The van der Waals surface area contributed by atoms with Crippen LogP contribution in [0.3, 0.4) is 0 Å². The topological polar surface area (TPSA) is 70.7 Å². The van der Waals surface area contributed by atoms with Crippen molar-refractivity contribution in [3.8, 4) is 0 Å². The van der Waals surface area contributed by atoms with Gasteiger partial charge in [0.1, 0.15) is 0 Å². The van der Waals surface area contributed by atoms with E-state index in [1.165, 1.54) is 11.1 Å². The van der Waals surface area contributed by atoms with E-state index in [4.69, 9.17) is 4.74 Å². The largest absolute Gasteiger partial charge is 0.463 e. The summed E-state index contributed by atoms with van der Waals surface area (Å²) >= 11 is 0. The molecular weight excluding hydrogens is 330 g/mol. The minimum atomic E-state index is -0.373. The van der Waals surface area contributed by atoms with Gasteiger partial charge in [0.25, 0.3) is 0 Å². The minimum Gasteiger partial charge on any atom is -0.463 e. The second-order valence-corrected chi connectivity index (χ2v) is 6.51. The van der Waals surface area contributed by atoms with E-state index in [0.29, 0.717) is 30.8 Å². The molecule has 0 aliphatic carbocycles. The summed E-state index contributed by atoms with van der Waals surface area (Å²) in [6, 6.07) is 7.89. The summed E-state index contributed by atoms with van der Waals surface area (Å²) in [6.07, 6.45) is 1.65. The Morgan fingerprint density at radius 2 is 1.77 bits per heavy atom. The summed E-state index contributed by atoms with van der Waals surface area (Å²) in [7, 11) is 1.97. The van der Waals surface area contributed by atoms with E-state index in [1.807, 2.05) is 14.0 Å². The van der Waals surface area contributed by atoms with Crippen LogP contribution in [0.25, 0.3) is 0 Å². The highest BCUT2D eigenvalue weighted by Crippen LogP contribution is 2.18. The van der Waals surface area contributed by atoms with Gasteiger partial charge < -0.3 is 15.4 Å². The lowest BCUT2D eigenvalue weighted by molar-refractivity contribution is -0.139. The number of esters is 1. The third-order valence-corrected chi connectivity index (χ3v) is 4.46. The number of benzene rings is 1. The Bertz CT molecular complexity index is 667. The number of carbonyl (C=O) groups is 2. The first-order valence-electron chi connectivity index (χ1n) is 9.22. The molecule has 1 heterocycles. The lowest BCUT2D eigenvalue weighted by Crippen LogP contribution is -2.51. The van der Waals surface area contributed by atoms with E-state index in [9.17, 15) is 9.59 Å². The zero-order valence-corrected chi connectivity index (χ0v) is 16.1. The van der Waals surface area contributed by atoms with Crippen LogP contribution in [0.4, 0.5) is 4.79 Å². The highest BCUT2D eigenvalue weighted by Gasteiger charge is 2.31. The molecule has 0 aromatic heterocycles. The number of aryl methyl sites for hydroxylation is 1. The molecule has 6 nitrogen and oxygen atoms in total. The first-order valence-corrected chi connectivity index (χ1v) is 9.22. The smallest absolute Gasteiger partial charge is 0.337 e. The number of rotatable bonds is 8. The summed E-state index contributed by atoms with van der Waals surface area (Å²) in [6.45, 7) is 7.34. The van der Waals surface area contributed by atoms with Crippen molar-refractivity contribution in [2.24, 2.45) is 0 Å².